The van der Waals surface area contributed by atoms with Gasteiger partial charge in [-0.2, -0.15) is 0 Å². The first-order valence-corrected chi connectivity index (χ1v) is 9.60. The van der Waals surface area contributed by atoms with Crippen LogP contribution < -0.4 is 5.32 Å². The molecular formula is C21H23Cl2NO3. The molecule has 0 heterocycles. The predicted molar refractivity (Wildman–Crippen MR) is 109 cm³/mol. The number of hydrogen-bond acceptors (Lipinski definition) is 3. The summed E-state index contributed by atoms with van der Waals surface area (Å²) in [5, 5.41) is 3.73. The largest absolute Gasteiger partial charge is 0.452 e. The third-order valence-electron chi connectivity index (χ3n) is 4.39. The van der Waals surface area contributed by atoms with E-state index in [1.165, 1.54) is 0 Å². The summed E-state index contributed by atoms with van der Waals surface area (Å²) in [6.45, 7) is 5.74. The van der Waals surface area contributed by atoms with Crippen molar-refractivity contribution in [1.29, 1.82) is 0 Å². The third kappa shape index (κ3) is 5.98. The first-order chi connectivity index (χ1) is 12.8. The molecule has 2 rings (SSSR count). The molecule has 0 unspecified atom stereocenters. The van der Waals surface area contributed by atoms with E-state index < -0.39 is 12.1 Å². The highest BCUT2D eigenvalue weighted by molar-refractivity contribution is 6.35. The van der Waals surface area contributed by atoms with E-state index in [9.17, 15) is 9.59 Å². The Kier molecular flexibility index (Phi) is 7.69. The number of carbonyl (C=O) groups excluding carboxylic acids is 2. The fourth-order valence-electron chi connectivity index (χ4n) is 2.61. The Morgan fingerprint density at radius 2 is 1.81 bits per heavy atom. The lowest BCUT2D eigenvalue weighted by molar-refractivity contribution is -0.152. The van der Waals surface area contributed by atoms with E-state index in [0.29, 0.717) is 21.5 Å². The molecular weight excluding hydrogens is 385 g/mol. The van der Waals surface area contributed by atoms with Crippen molar-refractivity contribution < 1.29 is 14.3 Å². The second kappa shape index (κ2) is 9.77. The maximum absolute atomic E-state index is 12.4. The van der Waals surface area contributed by atoms with Gasteiger partial charge in [-0.05, 0) is 48.6 Å². The van der Waals surface area contributed by atoms with Crippen LogP contribution in [0, 0.1) is 0 Å². The van der Waals surface area contributed by atoms with Gasteiger partial charge in [0.2, 0.25) is 0 Å². The summed E-state index contributed by atoms with van der Waals surface area (Å²) in [5.74, 6) is -0.593. The molecule has 2 aromatic rings. The molecule has 1 amide bonds. The number of esters is 1. The zero-order valence-corrected chi connectivity index (χ0v) is 17.1. The lowest BCUT2D eigenvalue weighted by atomic mass is 9.97. The molecule has 0 saturated heterocycles. The summed E-state index contributed by atoms with van der Waals surface area (Å²) in [7, 11) is 0. The van der Waals surface area contributed by atoms with Crippen molar-refractivity contribution in [2.75, 3.05) is 5.32 Å². The molecule has 0 bridgehead atoms. The lowest BCUT2D eigenvalue weighted by Crippen LogP contribution is -2.31. The first-order valence-electron chi connectivity index (χ1n) is 8.85. The van der Waals surface area contributed by atoms with Gasteiger partial charge in [0, 0.05) is 15.7 Å². The summed E-state index contributed by atoms with van der Waals surface area (Å²) in [6.07, 6.45) is 0.00431. The SMILES string of the molecule is CC[C@@H](C)c1ccccc1NC(=O)[C@H](C)OC(=O)Cc1ccc(Cl)cc1Cl. The Balaban J connectivity index is 1.98. The second-order valence-electron chi connectivity index (χ2n) is 6.43. The average Bonchev–Trinajstić information content (AvgIpc) is 2.63. The van der Waals surface area contributed by atoms with Crippen molar-refractivity contribution in [2.45, 2.75) is 45.6 Å². The van der Waals surface area contributed by atoms with E-state index in [1.54, 1.807) is 25.1 Å². The fraction of sp³-hybridized carbons (Fsp3) is 0.333. The number of benzene rings is 2. The van der Waals surface area contributed by atoms with Crippen LogP contribution in [-0.4, -0.2) is 18.0 Å². The van der Waals surface area contributed by atoms with Crippen LogP contribution in [0.1, 0.15) is 44.2 Å². The molecule has 0 aliphatic rings. The molecule has 2 atom stereocenters. The zero-order chi connectivity index (χ0) is 20.0. The van der Waals surface area contributed by atoms with E-state index in [2.05, 4.69) is 19.2 Å². The summed E-state index contributed by atoms with van der Waals surface area (Å²) >= 11 is 11.9. The minimum absolute atomic E-state index is 0.0307. The Bertz CT molecular complexity index is 823. The number of carbonyl (C=O) groups is 2. The minimum Gasteiger partial charge on any atom is -0.452 e. The van der Waals surface area contributed by atoms with Crippen LogP contribution >= 0.6 is 23.2 Å². The van der Waals surface area contributed by atoms with Gasteiger partial charge in [-0.15, -0.1) is 0 Å². The number of anilines is 1. The smallest absolute Gasteiger partial charge is 0.311 e. The second-order valence-corrected chi connectivity index (χ2v) is 7.27. The Labute approximate surface area is 169 Å². The topological polar surface area (TPSA) is 55.4 Å². The molecule has 0 radical (unpaired) electrons. The molecule has 2 aromatic carbocycles. The molecule has 0 saturated carbocycles. The summed E-state index contributed by atoms with van der Waals surface area (Å²) in [4.78, 5) is 24.6. The van der Waals surface area contributed by atoms with Gasteiger partial charge in [-0.25, -0.2) is 0 Å². The first kappa shape index (κ1) is 21.3. The zero-order valence-electron chi connectivity index (χ0n) is 15.6. The van der Waals surface area contributed by atoms with Crippen LogP contribution in [0.15, 0.2) is 42.5 Å². The standard InChI is InChI=1S/C21H23Cl2NO3/c1-4-13(2)17-7-5-6-8-19(17)24-21(26)14(3)27-20(25)11-15-9-10-16(22)12-18(15)23/h5-10,12-14H,4,11H2,1-3H3,(H,24,26)/t13-,14+/m1/s1. The number of halogens is 2. The maximum atomic E-state index is 12.4. The van der Waals surface area contributed by atoms with Crippen molar-refractivity contribution >= 4 is 40.8 Å². The lowest BCUT2D eigenvalue weighted by Gasteiger charge is -2.18. The van der Waals surface area contributed by atoms with Crippen LogP contribution in [0.4, 0.5) is 5.69 Å². The van der Waals surface area contributed by atoms with E-state index in [4.69, 9.17) is 27.9 Å². The number of rotatable bonds is 7. The molecule has 27 heavy (non-hydrogen) atoms. The molecule has 4 nitrogen and oxygen atoms in total. The third-order valence-corrected chi connectivity index (χ3v) is 4.98. The van der Waals surface area contributed by atoms with Crippen molar-refractivity contribution in [3.63, 3.8) is 0 Å². The van der Waals surface area contributed by atoms with Crippen LogP contribution in [-0.2, 0) is 20.7 Å². The number of nitrogens with one attached hydrogen (secondary N) is 1. The van der Waals surface area contributed by atoms with Crippen molar-refractivity contribution in [2.24, 2.45) is 0 Å². The van der Waals surface area contributed by atoms with Crippen LogP contribution in [0.25, 0.3) is 0 Å². The summed E-state index contributed by atoms with van der Waals surface area (Å²) in [5.41, 5.74) is 2.39. The van der Waals surface area contributed by atoms with Crippen LogP contribution in [0.2, 0.25) is 10.0 Å². The average molecular weight is 408 g/mol. The molecule has 0 spiro atoms. The highest BCUT2D eigenvalue weighted by Gasteiger charge is 2.20. The van der Waals surface area contributed by atoms with Gasteiger partial charge in [0.05, 0.1) is 6.42 Å². The number of amides is 1. The molecule has 144 valence electrons. The van der Waals surface area contributed by atoms with Gasteiger partial charge >= 0.3 is 5.97 Å². The van der Waals surface area contributed by atoms with Gasteiger partial charge < -0.3 is 10.1 Å². The van der Waals surface area contributed by atoms with Gasteiger partial charge in [0.15, 0.2) is 6.10 Å². The maximum Gasteiger partial charge on any atom is 0.311 e. The van der Waals surface area contributed by atoms with Gasteiger partial charge in [0.1, 0.15) is 0 Å². The van der Waals surface area contributed by atoms with E-state index in [0.717, 1.165) is 17.7 Å². The summed E-state index contributed by atoms with van der Waals surface area (Å²) in [6, 6.07) is 12.5. The molecule has 1 N–H and O–H groups in total. The van der Waals surface area contributed by atoms with E-state index >= 15 is 0 Å². The summed E-state index contributed by atoms with van der Waals surface area (Å²) < 4.78 is 5.26. The molecule has 6 heteroatoms. The van der Waals surface area contributed by atoms with Crippen molar-refractivity contribution in [3.05, 3.63) is 63.6 Å². The van der Waals surface area contributed by atoms with Gasteiger partial charge in [-0.3, -0.25) is 9.59 Å². The molecule has 0 fully saturated rings. The minimum atomic E-state index is -0.923. The van der Waals surface area contributed by atoms with Gasteiger partial charge in [-0.1, -0.05) is 61.3 Å². The monoisotopic (exact) mass is 407 g/mol. The van der Waals surface area contributed by atoms with Crippen molar-refractivity contribution in [3.8, 4) is 0 Å². The highest BCUT2D eigenvalue weighted by atomic mass is 35.5. The molecule has 0 aliphatic carbocycles. The Morgan fingerprint density at radius 3 is 2.48 bits per heavy atom. The quantitative estimate of drug-likeness (QED) is 0.605. The van der Waals surface area contributed by atoms with E-state index in [-0.39, 0.29) is 12.3 Å². The molecule has 0 aromatic heterocycles. The van der Waals surface area contributed by atoms with Crippen molar-refractivity contribution in [1.82, 2.24) is 0 Å². The van der Waals surface area contributed by atoms with Crippen LogP contribution in [0.5, 0.6) is 0 Å². The van der Waals surface area contributed by atoms with Crippen LogP contribution in [0.3, 0.4) is 0 Å². The molecule has 0 aliphatic heterocycles. The van der Waals surface area contributed by atoms with E-state index in [1.807, 2.05) is 24.3 Å². The number of para-hydroxylation sites is 1. The fourth-order valence-corrected chi connectivity index (χ4v) is 3.08. The van der Waals surface area contributed by atoms with Gasteiger partial charge in [0.25, 0.3) is 5.91 Å². The number of hydrogen-bond donors (Lipinski definition) is 1. The highest BCUT2D eigenvalue weighted by Crippen LogP contribution is 2.27. The number of ether oxygens (including phenoxy) is 1. The Hall–Kier alpha value is -2.04. The normalized spacial score (nSPS) is 12.9. The Morgan fingerprint density at radius 1 is 1.11 bits per heavy atom. The predicted octanol–water partition coefficient (Wildman–Crippen LogP) is 5.62.